The lowest BCUT2D eigenvalue weighted by Crippen LogP contribution is -2.66. The number of hydrogen-bond acceptors (Lipinski definition) is 6. The molecule has 1 saturated heterocycles. The highest BCUT2D eigenvalue weighted by atomic mass is 28.4. The zero-order valence-electron chi connectivity index (χ0n) is 37.6. The SMILES string of the molecule is CCCCCCCCCCCC[C@@H](OCOC)[C@H]1CC[C@H]([C@H](CCCCCCCCCCCCO[Si](c2ccccc2)(c2ccccc2)C(C)(C)C)OCOC)O1. The summed E-state index contributed by atoms with van der Waals surface area (Å²) in [6.45, 7) is 10.9. The Hall–Kier alpha value is -1.58. The molecule has 1 fully saturated rings. The molecule has 0 bridgehead atoms. The van der Waals surface area contributed by atoms with Crippen molar-refractivity contribution in [3.8, 4) is 0 Å². The van der Waals surface area contributed by atoms with E-state index in [0.717, 1.165) is 38.7 Å². The van der Waals surface area contributed by atoms with E-state index in [9.17, 15) is 0 Å². The van der Waals surface area contributed by atoms with Crippen molar-refractivity contribution in [3.05, 3.63) is 60.7 Å². The van der Waals surface area contributed by atoms with Crippen molar-refractivity contribution in [2.24, 2.45) is 0 Å². The van der Waals surface area contributed by atoms with Gasteiger partial charge in [-0.2, -0.15) is 0 Å². The summed E-state index contributed by atoms with van der Waals surface area (Å²) in [5, 5.41) is 2.78. The van der Waals surface area contributed by atoms with E-state index in [0.29, 0.717) is 13.6 Å². The van der Waals surface area contributed by atoms with Crippen LogP contribution in [0, 0.1) is 0 Å². The summed E-state index contributed by atoms with van der Waals surface area (Å²) < 4.78 is 36.8. The highest BCUT2D eigenvalue weighted by molar-refractivity contribution is 6.99. The maximum absolute atomic E-state index is 7.09. The Balaban J connectivity index is 1.28. The van der Waals surface area contributed by atoms with Crippen molar-refractivity contribution in [2.45, 2.75) is 211 Å². The first kappa shape index (κ1) is 49.8. The molecule has 326 valence electrons. The van der Waals surface area contributed by atoms with E-state index in [-0.39, 0.29) is 29.5 Å². The maximum Gasteiger partial charge on any atom is 0.261 e. The van der Waals surface area contributed by atoms with E-state index in [1.54, 1.807) is 14.2 Å². The molecule has 57 heavy (non-hydrogen) atoms. The van der Waals surface area contributed by atoms with Gasteiger partial charge in [0.1, 0.15) is 13.6 Å². The molecule has 0 aliphatic carbocycles. The average molecular weight is 811 g/mol. The second-order valence-electron chi connectivity index (χ2n) is 17.8. The molecular weight excluding hydrogens is 725 g/mol. The fourth-order valence-corrected chi connectivity index (χ4v) is 13.6. The Morgan fingerprint density at radius 1 is 0.544 bits per heavy atom. The molecule has 0 amide bonds. The Morgan fingerprint density at radius 2 is 0.912 bits per heavy atom. The van der Waals surface area contributed by atoms with Crippen molar-refractivity contribution in [2.75, 3.05) is 34.4 Å². The van der Waals surface area contributed by atoms with Gasteiger partial charge in [-0.05, 0) is 47.5 Å². The van der Waals surface area contributed by atoms with Crippen molar-refractivity contribution in [1.82, 2.24) is 0 Å². The Bertz CT molecular complexity index is 1170. The van der Waals surface area contributed by atoms with Crippen LogP contribution in [-0.2, 0) is 28.1 Å². The normalized spacial score (nSPS) is 17.3. The average Bonchev–Trinajstić information content (AvgIpc) is 3.71. The van der Waals surface area contributed by atoms with Crippen LogP contribution in [-0.4, -0.2) is 67.1 Å². The number of benzene rings is 2. The first-order valence-electron chi connectivity index (χ1n) is 23.5. The number of rotatable bonds is 35. The smallest absolute Gasteiger partial charge is 0.261 e. The Kier molecular flexibility index (Phi) is 26.6. The number of ether oxygens (including phenoxy) is 5. The van der Waals surface area contributed by atoms with Crippen LogP contribution in [0.15, 0.2) is 60.7 Å². The fourth-order valence-electron chi connectivity index (χ4n) is 8.98. The van der Waals surface area contributed by atoms with E-state index >= 15 is 0 Å². The molecule has 0 unspecified atom stereocenters. The molecule has 6 nitrogen and oxygen atoms in total. The van der Waals surface area contributed by atoms with Gasteiger partial charge in [0.2, 0.25) is 0 Å². The third-order valence-electron chi connectivity index (χ3n) is 12.2. The second kappa shape index (κ2) is 30.4. The number of hydrogen-bond donors (Lipinski definition) is 0. The predicted molar refractivity (Wildman–Crippen MR) is 242 cm³/mol. The van der Waals surface area contributed by atoms with E-state index in [2.05, 4.69) is 88.4 Å². The van der Waals surface area contributed by atoms with Crippen molar-refractivity contribution < 1.29 is 28.1 Å². The molecule has 3 rings (SSSR count). The second-order valence-corrected chi connectivity index (χ2v) is 22.1. The van der Waals surface area contributed by atoms with Crippen LogP contribution in [0.3, 0.4) is 0 Å². The summed E-state index contributed by atoms with van der Waals surface area (Å²) in [5.74, 6) is 0. The Labute approximate surface area is 352 Å². The topological polar surface area (TPSA) is 55.4 Å². The van der Waals surface area contributed by atoms with Gasteiger partial charge in [0.05, 0.1) is 24.4 Å². The fraction of sp³-hybridized carbons (Fsp3) is 0.760. The van der Waals surface area contributed by atoms with Crippen LogP contribution in [0.2, 0.25) is 5.04 Å². The minimum absolute atomic E-state index is 0.0375. The van der Waals surface area contributed by atoms with Crippen LogP contribution >= 0.6 is 0 Å². The first-order chi connectivity index (χ1) is 27.9. The molecule has 2 aromatic rings. The molecule has 2 aromatic carbocycles. The summed E-state index contributed by atoms with van der Waals surface area (Å²) in [4.78, 5) is 0. The number of unbranched alkanes of at least 4 members (excludes halogenated alkanes) is 18. The van der Waals surface area contributed by atoms with Gasteiger partial charge in [-0.25, -0.2) is 0 Å². The van der Waals surface area contributed by atoms with Crippen molar-refractivity contribution >= 4 is 18.7 Å². The lowest BCUT2D eigenvalue weighted by molar-refractivity contribution is -0.159. The van der Waals surface area contributed by atoms with Gasteiger partial charge in [0.15, 0.2) is 0 Å². The summed E-state index contributed by atoms with van der Waals surface area (Å²) in [7, 11) is 0.994. The summed E-state index contributed by atoms with van der Waals surface area (Å²) in [6, 6.07) is 22.0. The molecular formula is C50H86O6Si. The zero-order valence-corrected chi connectivity index (χ0v) is 38.6. The van der Waals surface area contributed by atoms with Crippen LogP contribution in [0.1, 0.15) is 182 Å². The van der Waals surface area contributed by atoms with Crippen LogP contribution < -0.4 is 10.4 Å². The maximum atomic E-state index is 7.09. The third kappa shape index (κ3) is 18.7. The minimum Gasteiger partial charge on any atom is -0.407 e. The lowest BCUT2D eigenvalue weighted by atomic mass is 9.99. The molecule has 1 aliphatic heterocycles. The van der Waals surface area contributed by atoms with Crippen molar-refractivity contribution in [1.29, 1.82) is 0 Å². The van der Waals surface area contributed by atoms with E-state index in [4.69, 9.17) is 28.1 Å². The van der Waals surface area contributed by atoms with Gasteiger partial charge in [0.25, 0.3) is 8.32 Å². The quantitative estimate of drug-likeness (QED) is 0.0393. The van der Waals surface area contributed by atoms with Gasteiger partial charge in [-0.3, -0.25) is 0 Å². The lowest BCUT2D eigenvalue weighted by Gasteiger charge is -2.43. The highest BCUT2D eigenvalue weighted by Crippen LogP contribution is 2.37. The summed E-state index contributed by atoms with van der Waals surface area (Å²) in [6.07, 6.45) is 30.6. The molecule has 0 spiro atoms. The van der Waals surface area contributed by atoms with Crippen LogP contribution in [0.5, 0.6) is 0 Å². The van der Waals surface area contributed by atoms with Gasteiger partial charge in [0, 0.05) is 20.8 Å². The summed E-state index contributed by atoms with van der Waals surface area (Å²) >= 11 is 0. The molecule has 4 atom stereocenters. The van der Waals surface area contributed by atoms with Gasteiger partial charge in [-0.15, -0.1) is 0 Å². The van der Waals surface area contributed by atoms with E-state index in [1.165, 1.54) is 132 Å². The molecule has 0 saturated carbocycles. The van der Waals surface area contributed by atoms with Gasteiger partial charge in [-0.1, -0.05) is 210 Å². The Morgan fingerprint density at radius 3 is 1.28 bits per heavy atom. The molecule has 1 heterocycles. The molecule has 0 radical (unpaired) electrons. The highest BCUT2D eigenvalue weighted by Gasteiger charge is 2.50. The largest absolute Gasteiger partial charge is 0.407 e. The first-order valence-corrected chi connectivity index (χ1v) is 25.4. The van der Waals surface area contributed by atoms with E-state index in [1.807, 2.05) is 0 Å². The zero-order chi connectivity index (χ0) is 40.9. The van der Waals surface area contributed by atoms with Crippen LogP contribution in [0.4, 0.5) is 0 Å². The van der Waals surface area contributed by atoms with Gasteiger partial charge < -0.3 is 28.1 Å². The monoisotopic (exact) mass is 811 g/mol. The molecule has 1 aliphatic rings. The van der Waals surface area contributed by atoms with Gasteiger partial charge >= 0.3 is 0 Å². The number of methoxy groups -OCH3 is 2. The third-order valence-corrected chi connectivity index (χ3v) is 17.2. The summed E-state index contributed by atoms with van der Waals surface area (Å²) in [5.41, 5.74) is 0. The van der Waals surface area contributed by atoms with Crippen molar-refractivity contribution in [3.63, 3.8) is 0 Å². The molecule has 0 aromatic heterocycles. The molecule has 0 N–H and O–H groups in total. The minimum atomic E-state index is -2.42. The predicted octanol–water partition coefficient (Wildman–Crippen LogP) is 12.7. The van der Waals surface area contributed by atoms with Crippen LogP contribution in [0.25, 0.3) is 0 Å². The standard InChI is InChI=1S/C50H86O6Si/c1-7-8-9-10-11-12-15-18-21-30-37-46(53-42-51-5)48-39-40-49(56-48)47(54-43-52-6)38-31-22-19-16-13-14-17-20-23-32-41-55-57(50(2,3)4,44-33-26-24-27-34-44)45-35-28-25-29-36-45/h24-29,33-36,46-49H,7-23,30-32,37-43H2,1-6H3/t46-,47+,48-,49-/m1/s1. The molecule has 7 heteroatoms. The van der Waals surface area contributed by atoms with E-state index < -0.39 is 8.32 Å².